The number of allylic oxidation sites excluding steroid dienone is 12. The van der Waals surface area contributed by atoms with Crippen LogP contribution in [0.3, 0.4) is 0 Å². The van der Waals surface area contributed by atoms with Gasteiger partial charge in [0.1, 0.15) is 11.5 Å². The molecule has 0 N–H and O–H groups in total. The van der Waals surface area contributed by atoms with Gasteiger partial charge in [0.2, 0.25) is 0 Å². The number of hydrogen-bond acceptors (Lipinski definition) is 4. The molecular weight excluding hydrogens is 432 g/mol. The second-order valence-corrected chi connectivity index (χ2v) is 11.1. The molecule has 0 spiro atoms. The molecule has 0 aromatic carbocycles. The summed E-state index contributed by atoms with van der Waals surface area (Å²) in [4.78, 5) is 4.88. The van der Waals surface area contributed by atoms with Crippen molar-refractivity contribution in [2.24, 2.45) is 5.41 Å². The summed E-state index contributed by atoms with van der Waals surface area (Å²) in [5.74, 6) is 2.02. The highest BCUT2D eigenvalue weighted by Gasteiger charge is 2.50. The molecule has 2 aliphatic heterocycles. The Morgan fingerprint density at radius 2 is 1.20 bits per heavy atom. The standard InChI is InChI=1S/C31H38N2O2/c1-31(2,29-32(25-15-5-3-6-16-25)21-23-13-9-11-19-27(23)34-29)30-33(26-17-7-4-8-18-26)22-24-14-10-12-20-28(24)35-30/h9-12,15,17,19-22,29-30H,3-8,13-14,16,18H2,1-2H3. The third-order valence-electron chi connectivity index (χ3n) is 8.12. The minimum Gasteiger partial charge on any atom is -0.469 e. The van der Waals surface area contributed by atoms with E-state index in [1.165, 1.54) is 48.2 Å². The summed E-state index contributed by atoms with van der Waals surface area (Å²) in [6.07, 6.45) is 33.6. The number of nitrogens with zero attached hydrogens (tertiary/aromatic N) is 2. The Kier molecular flexibility index (Phi) is 5.99. The lowest BCUT2D eigenvalue weighted by Crippen LogP contribution is -2.57. The highest BCUT2D eigenvalue weighted by molar-refractivity contribution is 5.40. The fraction of sp³-hybridized carbons (Fsp3) is 0.484. The second kappa shape index (κ2) is 9.29. The molecule has 0 aromatic heterocycles. The Labute approximate surface area is 210 Å². The minimum atomic E-state index is -0.329. The molecule has 2 atom stereocenters. The van der Waals surface area contributed by atoms with Crippen molar-refractivity contribution in [3.63, 3.8) is 0 Å². The van der Waals surface area contributed by atoms with Crippen molar-refractivity contribution in [2.75, 3.05) is 0 Å². The molecule has 0 aromatic rings. The Morgan fingerprint density at radius 3 is 1.63 bits per heavy atom. The molecule has 6 aliphatic rings. The van der Waals surface area contributed by atoms with Crippen LogP contribution >= 0.6 is 0 Å². The van der Waals surface area contributed by atoms with Crippen molar-refractivity contribution in [3.8, 4) is 0 Å². The van der Waals surface area contributed by atoms with Gasteiger partial charge in [0, 0.05) is 34.9 Å². The highest BCUT2D eigenvalue weighted by atomic mass is 16.5. The van der Waals surface area contributed by atoms with E-state index in [1.54, 1.807) is 0 Å². The first kappa shape index (κ1) is 22.6. The molecule has 0 saturated carbocycles. The van der Waals surface area contributed by atoms with Gasteiger partial charge in [-0.05, 0) is 90.2 Å². The fourth-order valence-corrected chi connectivity index (χ4v) is 6.13. The molecule has 6 rings (SSSR count). The van der Waals surface area contributed by atoms with Crippen LogP contribution in [0, 0.1) is 5.41 Å². The monoisotopic (exact) mass is 470 g/mol. The van der Waals surface area contributed by atoms with E-state index in [2.05, 4.69) is 84.7 Å². The maximum absolute atomic E-state index is 6.89. The van der Waals surface area contributed by atoms with E-state index in [4.69, 9.17) is 9.47 Å². The van der Waals surface area contributed by atoms with Gasteiger partial charge < -0.3 is 19.3 Å². The van der Waals surface area contributed by atoms with Crippen LogP contribution in [0.2, 0.25) is 0 Å². The Bertz CT molecular complexity index is 1020. The lowest BCUT2D eigenvalue weighted by atomic mass is 9.83. The normalized spacial score (nSPS) is 28.3. The topological polar surface area (TPSA) is 24.9 Å². The molecule has 0 bridgehead atoms. The predicted octanol–water partition coefficient (Wildman–Crippen LogP) is 7.70. The van der Waals surface area contributed by atoms with Crippen LogP contribution in [-0.4, -0.2) is 22.3 Å². The maximum Gasteiger partial charge on any atom is 0.186 e. The molecule has 4 nitrogen and oxygen atoms in total. The molecular formula is C31H38N2O2. The lowest BCUT2D eigenvalue weighted by molar-refractivity contribution is -0.164. The van der Waals surface area contributed by atoms with Crippen molar-refractivity contribution < 1.29 is 9.47 Å². The summed E-state index contributed by atoms with van der Waals surface area (Å²) in [6, 6.07) is 0. The molecule has 35 heavy (non-hydrogen) atoms. The van der Waals surface area contributed by atoms with Gasteiger partial charge >= 0.3 is 0 Å². The van der Waals surface area contributed by atoms with Crippen LogP contribution in [0.4, 0.5) is 0 Å². The van der Waals surface area contributed by atoms with E-state index in [-0.39, 0.29) is 17.9 Å². The molecule has 184 valence electrons. The van der Waals surface area contributed by atoms with Gasteiger partial charge in [0.25, 0.3) is 0 Å². The van der Waals surface area contributed by atoms with Crippen LogP contribution in [0.25, 0.3) is 0 Å². The quantitative estimate of drug-likeness (QED) is 0.420. The summed E-state index contributed by atoms with van der Waals surface area (Å²) in [5.41, 5.74) is 5.00. The number of hydrogen-bond donors (Lipinski definition) is 0. The zero-order chi connectivity index (χ0) is 23.8. The third kappa shape index (κ3) is 4.22. The molecule has 0 fully saturated rings. The highest BCUT2D eigenvalue weighted by Crippen LogP contribution is 2.47. The van der Waals surface area contributed by atoms with Crippen LogP contribution in [-0.2, 0) is 9.47 Å². The predicted molar refractivity (Wildman–Crippen MR) is 140 cm³/mol. The molecule has 0 radical (unpaired) electrons. The SMILES string of the molecule is CC(C)(C1OC2=CC=CCC2=CN1C1=CCCCC1)C1OC2=CC=CCC2=CN1C1=CCCCC1. The van der Waals surface area contributed by atoms with Crippen molar-refractivity contribution >= 4 is 0 Å². The van der Waals surface area contributed by atoms with Gasteiger partial charge in [-0.1, -0.05) is 36.5 Å². The summed E-state index contributed by atoms with van der Waals surface area (Å²) in [7, 11) is 0. The molecule has 0 saturated heterocycles. The summed E-state index contributed by atoms with van der Waals surface area (Å²) < 4.78 is 13.8. The molecule has 2 heterocycles. The first-order valence-corrected chi connectivity index (χ1v) is 13.5. The Morgan fingerprint density at radius 1 is 0.714 bits per heavy atom. The summed E-state index contributed by atoms with van der Waals surface area (Å²) >= 11 is 0. The molecule has 2 unspecified atom stereocenters. The van der Waals surface area contributed by atoms with E-state index in [1.807, 2.05) is 0 Å². The zero-order valence-corrected chi connectivity index (χ0v) is 21.2. The van der Waals surface area contributed by atoms with Crippen molar-refractivity contribution in [3.05, 3.63) is 95.1 Å². The first-order chi connectivity index (χ1) is 17.1. The van der Waals surface area contributed by atoms with Crippen molar-refractivity contribution in [1.82, 2.24) is 9.80 Å². The van der Waals surface area contributed by atoms with Crippen LogP contribution < -0.4 is 0 Å². The fourth-order valence-electron chi connectivity index (χ4n) is 6.13. The maximum atomic E-state index is 6.89. The number of rotatable bonds is 4. The van der Waals surface area contributed by atoms with Crippen molar-refractivity contribution in [1.29, 1.82) is 0 Å². The van der Waals surface area contributed by atoms with Gasteiger partial charge in [-0.15, -0.1) is 0 Å². The van der Waals surface area contributed by atoms with E-state index < -0.39 is 0 Å². The first-order valence-electron chi connectivity index (χ1n) is 13.5. The van der Waals surface area contributed by atoms with E-state index >= 15 is 0 Å². The van der Waals surface area contributed by atoms with E-state index in [9.17, 15) is 0 Å². The van der Waals surface area contributed by atoms with Crippen LogP contribution in [0.1, 0.15) is 78.1 Å². The second-order valence-electron chi connectivity index (χ2n) is 11.1. The van der Waals surface area contributed by atoms with Gasteiger partial charge in [0.05, 0.1) is 5.41 Å². The van der Waals surface area contributed by atoms with Crippen LogP contribution in [0.5, 0.6) is 0 Å². The molecule has 4 heteroatoms. The van der Waals surface area contributed by atoms with Gasteiger partial charge in [0.15, 0.2) is 12.5 Å². The largest absolute Gasteiger partial charge is 0.469 e. The zero-order valence-electron chi connectivity index (χ0n) is 21.2. The molecule has 0 amide bonds. The Hall–Kier alpha value is -2.88. The Balaban J connectivity index is 1.41. The summed E-state index contributed by atoms with van der Waals surface area (Å²) in [5, 5.41) is 0. The van der Waals surface area contributed by atoms with Gasteiger partial charge in [-0.25, -0.2) is 0 Å². The van der Waals surface area contributed by atoms with Crippen molar-refractivity contribution in [2.45, 2.75) is 90.5 Å². The minimum absolute atomic E-state index is 0.153. The summed E-state index contributed by atoms with van der Waals surface area (Å²) in [6.45, 7) is 4.65. The average Bonchev–Trinajstić information content (AvgIpc) is 2.92. The van der Waals surface area contributed by atoms with Gasteiger partial charge in [-0.3, -0.25) is 0 Å². The smallest absolute Gasteiger partial charge is 0.186 e. The van der Waals surface area contributed by atoms with E-state index in [0.717, 1.165) is 50.0 Å². The van der Waals surface area contributed by atoms with Gasteiger partial charge in [-0.2, -0.15) is 0 Å². The third-order valence-corrected chi connectivity index (χ3v) is 8.12. The van der Waals surface area contributed by atoms with E-state index in [0.29, 0.717) is 0 Å². The number of fused-ring (bicyclic) bond motifs is 2. The average molecular weight is 471 g/mol. The molecule has 4 aliphatic carbocycles. The van der Waals surface area contributed by atoms with Crippen LogP contribution in [0.15, 0.2) is 95.1 Å². The number of ether oxygens (including phenoxy) is 2. The lowest BCUT2D eigenvalue weighted by Gasteiger charge is -2.52.